The lowest BCUT2D eigenvalue weighted by Gasteiger charge is -2.26. The Morgan fingerprint density at radius 3 is 3.06 bits per heavy atom. The van der Waals surface area contributed by atoms with Gasteiger partial charge in [-0.2, -0.15) is 0 Å². The molecule has 1 saturated heterocycles. The van der Waals surface area contributed by atoms with Crippen molar-refractivity contribution >= 4 is 34.8 Å². The van der Waals surface area contributed by atoms with E-state index >= 15 is 0 Å². The number of nitrogens with one attached hydrogen (secondary N) is 1. The van der Waals surface area contributed by atoms with E-state index in [0.29, 0.717) is 0 Å². The Morgan fingerprint density at radius 1 is 1.75 bits per heavy atom. The number of aliphatic hydroxyl groups excluding tert-OH is 1. The van der Waals surface area contributed by atoms with Crippen LogP contribution in [0.2, 0.25) is 0 Å². The highest BCUT2D eigenvalue weighted by atomic mass is 127. The summed E-state index contributed by atoms with van der Waals surface area (Å²) in [6.07, 6.45) is -0.810. The molecule has 0 bridgehead atoms. The average molecular weight is 344 g/mol. The molecule has 2 rings (SSSR count). The van der Waals surface area contributed by atoms with E-state index in [4.69, 9.17) is 9.84 Å². The van der Waals surface area contributed by atoms with Crippen molar-refractivity contribution in [3.63, 3.8) is 0 Å². The second-order valence-electron chi connectivity index (χ2n) is 3.60. The van der Waals surface area contributed by atoms with Crippen LogP contribution in [0.1, 0.15) is 6.42 Å². The van der Waals surface area contributed by atoms with Gasteiger partial charge in [0.2, 0.25) is 0 Å². The lowest BCUT2D eigenvalue weighted by molar-refractivity contribution is 0.0226. The van der Waals surface area contributed by atoms with Crippen LogP contribution in [0.3, 0.4) is 0 Å². The van der Waals surface area contributed by atoms with Crippen LogP contribution in [0, 0.1) is 0 Å². The third kappa shape index (κ3) is 2.23. The number of rotatable bonds is 2. The SMILES string of the molecule is O=C1NC(=O)N(C2CC(F)(CO)CO2)C=I1. The second-order valence-corrected chi connectivity index (χ2v) is 5.76. The van der Waals surface area contributed by atoms with Crippen LogP contribution in [0.25, 0.3) is 0 Å². The molecule has 6 nitrogen and oxygen atoms in total. The fourth-order valence-corrected chi connectivity index (χ4v) is 3.03. The summed E-state index contributed by atoms with van der Waals surface area (Å²) < 4.78 is 19.9. The minimum Gasteiger partial charge on any atom is -0.393 e. The van der Waals surface area contributed by atoms with E-state index in [1.807, 2.05) is 0 Å². The van der Waals surface area contributed by atoms with Crippen molar-refractivity contribution in [3.05, 3.63) is 0 Å². The summed E-state index contributed by atoms with van der Waals surface area (Å²) >= 11 is -0.904. The molecule has 8 heteroatoms. The van der Waals surface area contributed by atoms with Gasteiger partial charge in [-0.05, 0) is 0 Å². The van der Waals surface area contributed by atoms with Crippen LogP contribution in [0.4, 0.5) is 14.0 Å². The maximum absolute atomic E-state index is 13.6. The predicted molar refractivity (Wildman–Crippen MR) is 61.1 cm³/mol. The van der Waals surface area contributed by atoms with E-state index in [1.165, 1.54) is 9.04 Å². The summed E-state index contributed by atoms with van der Waals surface area (Å²) in [7, 11) is 0. The zero-order chi connectivity index (χ0) is 11.8. The molecule has 16 heavy (non-hydrogen) atoms. The highest BCUT2D eigenvalue weighted by molar-refractivity contribution is 14.2. The first-order valence-corrected chi connectivity index (χ1v) is 6.88. The minimum atomic E-state index is -1.79. The Morgan fingerprint density at radius 2 is 2.50 bits per heavy atom. The Bertz CT molecular complexity index is 364. The maximum atomic E-state index is 13.6. The van der Waals surface area contributed by atoms with Gasteiger partial charge in [-0.3, -0.25) is 15.0 Å². The van der Waals surface area contributed by atoms with Crippen molar-refractivity contribution in [1.82, 2.24) is 10.2 Å². The molecule has 2 atom stereocenters. The Hall–Kier alpha value is -0.610. The maximum Gasteiger partial charge on any atom is 0.331 e. The van der Waals surface area contributed by atoms with Gasteiger partial charge in [0.15, 0.2) is 5.67 Å². The van der Waals surface area contributed by atoms with Crippen LogP contribution in [0.5, 0.6) is 0 Å². The summed E-state index contributed by atoms with van der Waals surface area (Å²) in [4.78, 5) is 23.5. The van der Waals surface area contributed by atoms with Crippen molar-refractivity contribution in [2.24, 2.45) is 0 Å². The van der Waals surface area contributed by atoms with Crippen molar-refractivity contribution in [2.45, 2.75) is 18.3 Å². The monoisotopic (exact) mass is 344 g/mol. The predicted octanol–water partition coefficient (Wildman–Crippen LogP) is 0.309. The van der Waals surface area contributed by atoms with Gasteiger partial charge in [-0.1, -0.05) is 0 Å². The molecule has 0 aromatic carbocycles. The molecule has 0 aromatic heterocycles. The standard InChI is InChI=1S/C8H10FIN2O4/c9-8(2-13)1-5(16-3-8)12-4-10-6(14)11-7(12)15/h4-5,13H,1-3H2,(H,11,14,15). The fourth-order valence-electron chi connectivity index (χ4n) is 1.48. The molecule has 0 radical (unpaired) electrons. The molecule has 0 spiro atoms. The molecule has 90 valence electrons. The smallest absolute Gasteiger partial charge is 0.331 e. The number of amides is 3. The van der Waals surface area contributed by atoms with Crippen LogP contribution < -0.4 is 5.32 Å². The first kappa shape index (κ1) is 11.9. The topological polar surface area (TPSA) is 78.9 Å². The number of alkyl halides is 1. The summed E-state index contributed by atoms with van der Waals surface area (Å²) in [6.45, 7) is -0.870. The molecular weight excluding hydrogens is 334 g/mol. The Labute approximate surface area is 100 Å². The summed E-state index contributed by atoms with van der Waals surface area (Å²) in [5.41, 5.74) is -1.79. The zero-order valence-electron chi connectivity index (χ0n) is 8.15. The molecule has 0 aliphatic carbocycles. The molecule has 0 saturated carbocycles. The average Bonchev–Trinajstić information content (AvgIpc) is 2.62. The van der Waals surface area contributed by atoms with E-state index in [0.717, 1.165) is 0 Å². The fraction of sp³-hybridized carbons (Fsp3) is 0.625. The van der Waals surface area contributed by atoms with Crippen LogP contribution >= 0.6 is 20.7 Å². The summed E-state index contributed by atoms with van der Waals surface area (Å²) in [6, 6.07) is -0.594. The highest BCUT2D eigenvalue weighted by Crippen LogP contribution is 2.30. The minimum absolute atomic E-state index is 0.0780. The quantitative estimate of drug-likeness (QED) is 0.429. The Kier molecular flexibility index (Phi) is 3.22. The number of carbonyl (C=O) groups excluding carboxylic acids is 2. The van der Waals surface area contributed by atoms with Crippen LogP contribution in [0.15, 0.2) is 0 Å². The molecule has 2 heterocycles. The van der Waals surface area contributed by atoms with Gasteiger partial charge in [0.05, 0.1) is 13.2 Å². The molecule has 1 fully saturated rings. The first-order chi connectivity index (χ1) is 7.54. The summed E-state index contributed by atoms with van der Waals surface area (Å²) in [5.74, 6) is 0. The number of aliphatic hydroxyl groups is 1. The van der Waals surface area contributed by atoms with Crippen molar-refractivity contribution < 1.29 is 23.8 Å². The largest absolute Gasteiger partial charge is 0.393 e. The molecule has 2 unspecified atom stereocenters. The highest BCUT2D eigenvalue weighted by Gasteiger charge is 2.44. The van der Waals surface area contributed by atoms with Gasteiger partial charge >= 0.3 is 6.03 Å². The number of hydrogen-bond acceptors (Lipinski definition) is 4. The van der Waals surface area contributed by atoms with E-state index in [2.05, 4.69) is 5.32 Å². The number of ether oxygens (including phenoxy) is 1. The number of carbonyl (C=O) groups is 2. The molecule has 0 aromatic rings. The first-order valence-electron chi connectivity index (χ1n) is 4.55. The van der Waals surface area contributed by atoms with E-state index in [-0.39, 0.29) is 16.9 Å². The third-order valence-electron chi connectivity index (χ3n) is 2.36. The second kappa shape index (κ2) is 4.34. The normalized spacial score (nSPS) is 34.9. The summed E-state index contributed by atoms with van der Waals surface area (Å²) in [5, 5.41) is 11.0. The van der Waals surface area contributed by atoms with Crippen LogP contribution in [-0.4, -0.2) is 49.2 Å². The van der Waals surface area contributed by atoms with Crippen LogP contribution in [-0.2, 0) is 4.74 Å². The molecule has 2 N–H and O–H groups in total. The zero-order valence-corrected chi connectivity index (χ0v) is 10.3. The van der Waals surface area contributed by atoms with Gasteiger partial charge in [0, 0.05) is 31.3 Å². The number of halogens is 2. The molecule has 2 aliphatic heterocycles. The van der Waals surface area contributed by atoms with Crippen molar-refractivity contribution in [3.8, 4) is 0 Å². The van der Waals surface area contributed by atoms with Gasteiger partial charge in [0.1, 0.15) is 6.23 Å². The number of hydrogen-bond donors (Lipinski definition) is 2. The number of nitrogens with zero attached hydrogens (tertiary/aromatic N) is 1. The Balaban J connectivity index is 2.07. The lowest BCUT2D eigenvalue weighted by atomic mass is 10.1. The molecular formula is C8H10FIN2O4. The van der Waals surface area contributed by atoms with Gasteiger partial charge in [0.25, 0.3) is 3.91 Å². The van der Waals surface area contributed by atoms with Gasteiger partial charge < -0.3 is 9.84 Å². The number of urea groups is 1. The molecule has 2 aliphatic rings. The van der Waals surface area contributed by atoms with Crippen molar-refractivity contribution in [1.29, 1.82) is 0 Å². The van der Waals surface area contributed by atoms with E-state index in [1.54, 1.807) is 0 Å². The van der Waals surface area contributed by atoms with E-state index < -0.39 is 45.3 Å². The van der Waals surface area contributed by atoms with Crippen molar-refractivity contribution in [2.75, 3.05) is 13.2 Å². The van der Waals surface area contributed by atoms with Gasteiger partial charge in [-0.25, -0.2) is 9.18 Å². The number of imide groups is 1. The lowest BCUT2D eigenvalue weighted by Crippen LogP contribution is -2.48. The third-order valence-corrected chi connectivity index (χ3v) is 4.08. The molecule has 3 amide bonds. The van der Waals surface area contributed by atoms with E-state index in [9.17, 15) is 14.0 Å². The van der Waals surface area contributed by atoms with Gasteiger partial charge in [-0.15, -0.1) is 0 Å².